The van der Waals surface area contributed by atoms with Gasteiger partial charge in [0, 0.05) is 62.9 Å². The van der Waals surface area contributed by atoms with Crippen molar-refractivity contribution < 1.29 is 27.4 Å². The smallest absolute Gasteiger partial charge is 0.241 e. The Hall–Kier alpha value is -3.12. The van der Waals surface area contributed by atoms with E-state index in [-0.39, 0.29) is 24.0 Å². The molecule has 10 heteroatoms. The SMILES string of the molecule is CCCCCCCCCCCC#CC#CCCCCCCCCC(=O)NCCOCCOCCOCCNS(=O)(=O)c1cccc2c(N(C)C)cccc12. The summed E-state index contributed by atoms with van der Waals surface area (Å²) in [5.74, 6) is 12.5. The third kappa shape index (κ3) is 22.3. The van der Waals surface area contributed by atoms with Gasteiger partial charge in [0.25, 0.3) is 0 Å². The van der Waals surface area contributed by atoms with Gasteiger partial charge in [-0.2, -0.15) is 0 Å². The molecule has 0 fully saturated rings. The van der Waals surface area contributed by atoms with E-state index in [1.54, 1.807) is 12.1 Å². The lowest BCUT2D eigenvalue weighted by molar-refractivity contribution is -0.121. The molecule has 0 radical (unpaired) electrons. The standard InChI is InChI=1S/C44H69N3O6S/c1-4-5-6-7-8-9-10-11-12-13-14-15-16-17-18-19-20-21-22-23-24-31-44(48)45-32-34-51-36-38-53-39-37-52-35-33-46-54(49,50)43-30-26-27-40-41(43)28-25-29-42(40)47(2)3/h25-30,46H,4-13,18-24,31-39H2,1-3H3,(H,45,48). The fourth-order valence-electron chi connectivity index (χ4n) is 6.05. The zero-order valence-corrected chi connectivity index (χ0v) is 34.5. The monoisotopic (exact) mass is 767 g/mol. The summed E-state index contributed by atoms with van der Waals surface area (Å²) in [5, 5.41) is 4.47. The highest BCUT2D eigenvalue weighted by Gasteiger charge is 2.18. The number of hydrogen-bond donors (Lipinski definition) is 2. The molecule has 0 saturated heterocycles. The number of ether oxygens (including phenoxy) is 3. The van der Waals surface area contributed by atoms with E-state index < -0.39 is 10.0 Å². The van der Waals surface area contributed by atoms with Crippen LogP contribution in [0.1, 0.15) is 122 Å². The third-order valence-electron chi connectivity index (χ3n) is 9.08. The average Bonchev–Trinajstić information content (AvgIpc) is 3.16. The van der Waals surface area contributed by atoms with E-state index in [1.165, 1.54) is 70.6 Å². The number of nitrogens with zero attached hydrogens (tertiary/aromatic N) is 1. The summed E-state index contributed by atoms with van der Waals surface area (Å²) in [5.41, 5.74) is 0.960. The molecule has 2 aromatic carbocycles. The van der Waals surface area contributed by atoms with Crippen LogP contribution in [-0.2, 0) is 29.0 Å². The number of carbonyl (C=O) groups is 1. The van der Waals surface area contributed by atoms with Crippen LogP contribution in [0.3, 0.4) is 0 Å². The lowest BCUT2D eigenvalue weighted by atomic mass is 10.1. The van der Waals surface area contributed by atoms with Crippen molar-refractivity contribution in [3.8, 4) is 23.7 Å². The summed E-state index contributed by atoms with van der Waals surface area (Å²) in [6, 6.07) is 11.0. The quantitative estimate of drug-likeness (QED) is 0.0569. The van der Waals surface area contributed by atoms with Crippen molar-refractivity contribution in [2.75, 3.05) is 71.7 Å². The van der Waals surface area contributed by atoms with Crippen LogP contribution in [0, 0.1) is 23.7 Å². The van der Waals surface area contributed by atoms with Gasteiger partial charge in [-0.1, -0.05) is 120 Å². The molecular weight excluding hydrogens is 699 g/mol. The molecule has 0 bridgehead atoms. The zero-order chi connectivity index (χ0) is 39.0. The molecule has 2 aromatic rings. The minimum atomic E-state index is -3.69. The normalized spacial score (nSPS) is 11.2. The Kier molecular flexibility index (Phi) is 27.1. The van der Waals surface area contributed by atoms with Crippen molar-refractivity contribution >= 4 is 32.4 Å². The van der Waals surface area contributed by atoms with Gasteiger partial charge in [-0.15, -0.1) is 0 Å². The summed E-state index contributed by atoms with van der Waals surface area (Å²) >= 11 is 0. The summed E-state index contributed by atoms with van der Waals surface area (Å²) in [7, 11) is 0.175. The molecule has 0 aromatic heterocycles. The average molecular weight is 768 g/mol. The van der Waals surface area contributed by atoms with Gasteiger partial charge in [0.1, 0.15) is 0 Å². The number of unbranched alkanes of at least 4 members (excludes halogenated alkanes) is 15. The number of nitrogens with one attached hydrogen (secondary N) is 2. The predicted octanol–water partition coefficient (Wildman–Crippen LogP) is 8.40. The van der Waals surface area contributed by atoms with E-state index in [2.05, 4.69) is 40.6 Å². The highest BCUT2D eigenvalue weighted by atomic mass is 32.2. The van der Waals surface area contributed by atoms with E-state index in [1.807, 2.05) is 43.3 Å². The van der Waals surface area contributed by atoms with E-state index in [4.69, 9.17) is 14.2 Å². The first-order valence-corrected chi connectivity index (χ1v) is 22.0. The number of carbonyl (C=O) groups excluding carboxylic acids is 1. The summed E-state index contributed by atoms with van der Waals surface area (Å²) in [6.07, 6.45) is 21.1. The molecule has 0 aliphatic carbocycles. The van der Waals surface area contributed by atoms with Gasteiger partial charge in [0.05, 0.1) is 44.5 Å². The number of benzene rings is 2. The Morgan fingerprint density at radius 1 is 0.630 bits per heavy atom. The third-order valence-corrected chi connectivity index (χ3v) is 10.6. The topological polar surface area (TPSA) is 106 Å². The highest BCUT2D eigenvalue weighted by Crippen LogP contribution is 2.30. The molecule has 0 unspecified atom stereocenters. The second-order valence-electron chi connectivity index (χ2n) is 13.9. The van der Waals surface area contributed by atoms with Crippen LogP contribution in [0.4, 0.5) is 5.69 Å². The lowest BCUT2D eigenvalue weighted by Gasteiger charge is -2.17. The summed E-state index contributed by atoms with van der Waals surface area (Å²) < 4.78 is 45.2. The number of amides is 1. The molecule has 0 saturated carbocycles. The highest BCUT2D eigenvalue weighted by molar-refractivity contribution is 7.89. The first-order valence-electron chi connectivity index (χ1n) is 20.5. The number of hydrogen-bond acceptors (Lipinski definition) is 7. The van der Waals surface area contributed by atoms with Gasteiger partial charge in [0.2, 0.25) is 15.9 Å². The van der Waals surface area contributed by atoms with E-state index >= 15 is 0 Å². The van der Waals surface area contributed by atoms with E-state index in [9.17, 15) is 13.2 Å². The van der Waals surface area contributed by atoms with Gasteiger partial charge in [0.15, 0.2) is 0 Å². The molecule has 2 N–H and O–H groups in total. The summed E-state index contributed by atoms with van der Waals surface area (Å²) in [4.78, 5) is 14.3. The second kappa shape index (κ2) is 31.1. The Morgan fingerprint density at radius 2 is 1.13 bits per heavy atom. The van der Waals surface area contributed by atoms with Gasteiger partial charge in [-0.05, 0) is 43.2 Å². The Labute approximate surface area is 328 Å². The van der Waals surface area contributed by atoms with Crippen LogP contribution in [0.5, 0.6) is 0 Å². The van der Waals surface area contributed by atoms with Crippen LogP contribution in [0.25, 0.3) is 10.8 Å². The maximum absolute atomic E-state index is 13.0. The van der Waals surface area contributed by atoms with Crippen LogP contribution < -0.4 is 14.9 Å². The van der Waals surface area contributed by atoms with Crippen molar-refractivity contribution in [2.45, 2.75) is 127 Å². The van der Waals surface area contributed by atoms with E-state index in [0.717, 1.165) is 49.6 Å². The van der Waals surface area contributed by atoms with Gasteiger partial charge in [-0.25, -0.2) is 13.1 Å². The van der Waals surface area contributed by atoms with Gasteiger partial charge < -0.3 is 24.4 Å². The molecule has 9 nitrogen and oxygen atoms in total. The predicted molar refractivity (Wildman–Crippen MR) is 223 cm³/mol. The maximum atomic E-state index is 13.0. The molecule has 0 aliphatic rings. The molecule has 0 heterocycles. The molecule has 1 amide bonds. The molecular formula is C44H69N3O6S. The van der Waals surface area contributed by atoms with Gasteiger partial charge in [-0.3, -0.25) is 4.79 Å². The van der Waals surface area contributed by atoms with Crippen LogP contribution >= 0.6 is 0 Å². The summed E-state index contributed by atoms with van der Waals surface area (Å²) in [6.45, 7) is 5.15. The lowest BCUT2D eigenvalue weighted by Crippen LogP contribution is -2.28. The minimum absolute atomic E-state index is 0.0686. The maximum Gasteiger partial charge on any atom is 0.241 e. The fourth-order valence-corrected chi connectivity index (χ4v) is 7.28. The van der Waals surface area contributed by atoms with Crippen molar-refractivity contribution in [3.05, 3.63) is 36.4 Å². The van der Waals surface area contributed by atoms with Crippen molar-refractivity contribution in [3.63, 3.8) is 0 Å². The van der Waals surface area contributed by atoms with Crippen molar-refractivity contribution in [2.24, 2.45) is 0 Å². The van der Waals surface area contributed by atoms with Crippen LogP contribution in [0.2, 0.25) is 0 Å². The molecule has 2 rings (SSSR count). The van der Waals surface area contributed by atoms with Crippen LogP contribution in [-0.4, -0.2) is 81.2 Å². The first kappa shape index (κ1) is 47.0. The van der Waals surface area contributed by atoms with Crippen LogP contribution in [0.15, 0.2) is 41.3 Å². The zero-order valence-electron chi connectivity index (χ0n) is 33.7. The number of sulfonamides is 1. The fraction of sp³-hybridized carbons (Fsp3) is 0.659. The first-order chi connectivity index (χ1) is 26.4. The second-order valence-corrected chi connectivity index (χ2v) is 15.6. The molecule has 0 aliphatic heterocycles. The Bertz CT molecular complexity index is 1520. The largest absolute Gasteiger partial charge is 0.378 e. The molecule has 0 spiro atoms. The molecule has 54 heavy (non-hydrogen) atoms. The Balaban J connectivity index is 1.33. The minimum Gasteiger partial charge on any atom is -0.378 e. The van der Waals surface area contributed by atoms with Gasteiger partial charge >= 0.3 is 0 Å². The number of rotatable bonds is 32. The van der Waals surface area contributed by atoms with E-state index in [0.29, 0.717) is 51.4 Å². The molecule has 302 valence electrons. The van der Waals surface area contributed by atoms with Crippen molar-refractivity contribution in [1.29, 1.82) is 0 Å². The number of fused-ring (bicyclic) bond motifs is 1. The van der Waals surface area contributed by atoms with Crippen molar-refractivity contribution in [1.82, 2.24) is 10.0 Å². The molecule has 0 atom stereocenters. The Morgan fingerprint density at radius 3 is 1.72 bits per heavy atom. The number of anilines is 1.